The number of nitrogens with two attached hydrogens (primary N) is 1. The third-order valence-corrected chi connectivity index (χ3v) is 1.54. The summed E-state index contributed by atoms with van der Waals surface area (Å²) in [7, 11) is 0. The summed E-state index contributed by atoms with van der Waals surface area (Å²) in [6.45, 7) is 1.87. The van der Waals surface area contributed by atoms with Crippen molar-refractivity contribution < 1.29 is 4.79 Å². The van der Waals surface area contributed by atoms with Crippen LogP contribution in [0.1, 0.15) is 17.5 Å². The van der Waals surface area contributed by atoms with Crippen LogP contribution in [0.2, 0.25) is 0 Å². The van der Waals surface area contributed by atoms with E-state index in [1.165, 1.54) is 0 Å². The van der Waals surface area contributed by atoms with E-state index >= 15 is 0 Å². The van der Waals surface area contributed by atoms with Crippen LogP contribution in [0.3, 0.4) is 0 Å². The second-order valence-corrected chi connectivity index (χ2v) is 2.60. The number of carbonyl (C=O) groups excluding carboxylic acids is 1. The molecule has 3 nitrogen and oxygen atoms in total. The highest BCUT2D eigenvalue weighted by molar-refractivity contribution is 5.55. The maximum absolute atomic E-state index is 9.98. The molecule has 0 unspecified atom stereocenters. The number of hydrogen-bond donors (Lipinski definition) is 1. The van der Waals surface area contributed by atoms with Crippen LogP contribution in [0.4, 0.5) is 5.82 Å². The molecule has 0 fully saturated rings. The Hall–Kier alpha value is -1.82. The van der Waals surface area contributed by atoms with Crippen molar-refractivity contribution in [1.82, 2.24) is 4.98 Å². The molecular weight excluding hydrogens is 164 g/mol. The van der Waals surface area contributed by atoms with Gasteiger partial charge in [-0.25, -0.2) is 4.98 Å². The molecule has 3 heteroatoms. The molecule has 13 heavy (non-hydrogen) atoms. The Kier molecular flexibility index (Phi) is 3.04. The van der Waals surface area contributed by atoms with E-state index in [4.69, 9.17) is 5.73 Å². The zero-order chi connectivity index (χ0) is 9.68. The monoisotopic (exact) mass is 174 g/mol. The molecular formula is C10H10N2O. The molecule has 66 valence electrons. The molecule has 0 saturated carbocycles. The Bertz CT molecular complexity index is 374. The maximum atomic E-state index is 9.98. The Morgan fingerprint density at radius 3 is 3.08 bits per heavy atom. The van der Waals surface area contributed by atoms with Gasteiger partial charge >= 0.3 is 0 Å². The minimum atomic E-state index is 0.253. The van der Waals surface area contributed by atoms with Gasteiger partial charge in [0, 0.05) is 11.8 Å². The van der Waals surface area contributed by atoms with Crippen LogP contribution >= 0.6 is 0 Å². The molecule has 0 amide bonds. The minimum Gasteiger partial charge on any atom is -0.383 e. The van der Waals surface area contributed by atoms with Crippen molar-refractivity contribution >= 4 is 12.1 Å². The molecule has 2 N–H and O–H groups in total. The third kappa shape index (κ3) is 2.60. The Labute approximate surface area is 77.0 Å². The topological polar surface area (TPSA) is 56.0 Å². The molecule has 0 saturated heterocycles. The van der Waals surface area contributed by atoms with Gasteiger partial charge < -0.3 is 10.5 Å². The number of aldehydes is 1. The average Bonchev–Trinajstić information content (AvgIpc) is 2.12. The third-order valence-electron chi connectivity index (χ3n) is 1.54. The van der Waals surface area contributed by atoms with Crippen LogP contribution < -0.4 is 5.73 Å². The van der Waals surface area contributed by atoms with E-state index in [-0.39, 0.29) is 6.42 Å². The fourth-order valence-electron chi connectivity index (χ4n) is 0.848. The lowest BCUT2D eigenvalue weighted by Crippen LogP contribution is -1.93. The Morgan fingerprint density at radius 1 is 1.69 bits per heavy atom. The lowest BCUT2D eigenvalue weighted by molar-refractivity contribution is -0.107. The predicted molar refractivity (Wildman–Crippen MR) is 50.9 cm³/mol. The van der Waals surface area contributed by atoms with Gasteiger partial charge in [-0.05, 0) is 18.6 Å². The number of nitrogen functional groups attached to an aromatic ring is 1. The largest absolute Gasteiger partial charge is 0.383 e. The summed E-state index contributed by atoms with van der Waals surface area (Å²) in [6, 6.07) is 1.85. The molecule has 0 aromatic carbocycles. The number of rotatable bonds is 1. The molecule has 0 radical (unpaired) electrons. The second kappa shape index (κ2) is 4.27. The summed E-state index contributed by atoms with van der Waals surface area (Å²) in [4.78, 5) is 13.9. The maximum Gasteiger partial charge on any atom is 0.131 e. The number of hydrogen-bond acceptors (Lipinski definition) is 3. The SMILES string of the molecule is Cc1cc(C#CCC=O)cnc1N. The average molecular weight is 174 g/mol. The zero-order valence-corrected chi connectivity index (χ0v) is 7.37. The molecule has 0 aliphatic heterocycles. The van der Waals surface area contributed by atoms with E-state index in [1.807, 2.05) is 13.0 Å². The number of aryl methyl sites for hydroxylation is 1. The number of aromatic nitrogens is 1. The highest BCUT2D eigenvalue weighted by Crippen LogP contribution is 2.07. The quantitative estimate of drug-likeness (QED) is 0.508. The van der Waals surface area contributed by atoms with E-state index in [0.29, 0.717) is 5.82 Å². The molecule has 1 aromatic heterocycles. The van der Waals surface area contributed by atoms with Gasteiger partial charge in [-0.1, -0.05) is 11.8 Å². The van der Waals surface area contributed by atoms with Gasteiger partial charge in [0.05, 0.1) is 6.42 Å². The fourth-order valence-corrected chi connectivity index (χ4v) is 0.848. The first-order valence-corrected chi connectivity index (χ1v) is 3.88. The van der Waals surface area contributed by atoms with Gasteiger partial charge in [-0.2, -0.15) is 0 Å². The van der Waals surface area contributed by atoms with Crippen molar-refractivity contribution in [3.63, 3.8) is 0 Å². The normalized spacial score (nSPS) is 8.69. The van der Waals surface area contributed by atoms with Gasteiger partial charge in [0.1, 0.15) is 12.1 Å². The van der Waals surface area contributed by atoms with Crippen molar-refractivity contribution in [3.8, 4) is 11.8 Å². The Balaban J connectivity index is 2.87. The smallest absolute Gasteiger partial charge is 0.131 e. The molecule has 1 aromatic rings. The van der Waals surface area contributed by atoms with Crippen LogP contribution in [0.5, 0.6) is 0 Å². The van der Waals surface area contributed by atoms with E-state index in [1.54, 1.807) is 6.20 Å². The Morgan fingerprint density at radius 2 is 2.46 bits per heavy atom. The molecule has 1 rings (SSSR count). The first-order chi connectivity index (χ1) is 6.24. The summed E-state index contributed by atoms with van der Waals surface area (Å²) in [6.07, 6.45) is 2.62. The standard InChI is InChI=1S/C10H10N2O/c1-8-6-9(4-2-3-5-13)7-12-10(8)11/h5-7H,3H2,1H3,(H2,11,12). The first-order valence-electron chi connectivity index (χ1n) is 3.88. The van der Waals surface area contributed by atoms with E-state index in [2.05, 4.69) is 16.8 Å². The second-order valence-electron chi connectivity index (χ2n) is 2.60. The lowest BCUT2D eigenvalue weighted by Gasteiger charge is -1.97. The number of pyridine rings is 1. The number of nitrogens with zero attached hydrogens (tertiary/aromatic N) is 1. The van der Waals surface area contributed by atoms with Crippen LogP contribution in [0.15, 0.2) is 12.3 Å². The summed E-state index contributed by atoms with van der Waals surface area (Å²) in [5, 5.41) is 0. The minimum absolute atomic E-state index is 0.253. The predicted octanol–water partition coefficient (Wildman–Crippen LogP) is 0.913. The van der Waals surface area contributed by atoms with Crippen molar-refractivity contribution in [2.45, 2.75) is 13.3 Å². The summed E-state index contributed by atoms with van der Waals surface area (Å²) >= 11 is 0. The van der Waals surface area contributed by atoms with Crippen molar-refractivity contribution in [1.29, 1.82) is 0 Å². The van der Waals surface area contributed by atoms with E-state index in [9.17, 15) is 4.79 Å². The number of carbonyl (C=O) groups is 1. The van der Waals surface area contributed by atoms with Crippen LogP contribution in [-0.2, 0) is 4.79 Å². The first kappa shape index (κ1) is 9.27. The van der Waals surface area contributed by atoms with Crippen LogP contribution in [-0.4, -0.2) is 11.3 Å². The van der Waals surface area contributed by atoms with Crippen molar-refractivity contribution in [2.24, 2.45) is 0 Å². The van der Waals surface area contributed by atoms with Gasteiger partial charge in [-0.3, -0.25) is 0 Å². The zero-order valence-electron chi connectivity index (χ0n) is 7.37. The summed E-state index contributed by atoms with van der Waals surface area (Å²) in [5.41, 5.74) is 7.21. The molecule has 0 bridgehead atoms. The van der Waals surface area contributed by atoms with Gasteiger partial charge in [0.25, 0.3) is 0 Å². The number of anilines is 1. The van der Waals surface area contributed by atoms with E-state index in [0.717, 1.165) is 17.4 Å². The molecule has 0 atom stereocenters. The van der Waals surface area contributed by atoms with Crippen molar-refractivity contribution in [2.75, 3.05) is 5.73 Å². The van der Waals surface area contributed by atoms with Crippen LogP contribution in [0.25, 0.3) is 0 Å². The lowest BCUT2D eigenvalue weighted by atomic mass is 10.2. The molecule has 0 spiro atoms. The molecule has 0 aliphatic carbocycles. The highest BCUT2D eigenvalue weighted by Gasteiger charge is 1.94. The fraction of sp³-hybridized carbons (Fsp3) is 0.200. The van der Waals surface area contributed by atoms with Crippen LogP contribution in [0, 0.1) is 18.8 Å². The molecule has 1 heterocycles. The van der Waals surface area contributed by atoms with Crippen molar-refractivity contribution in [3.05, 3.63) is 23.4 Å². The van der Waals surface area contributed by atoms with E-state index < -0.39 is 0 Å². The van der Waals surface area contributed by atoms with Gasteiger partial charge in [-0.15, -0.1) is 0 Å². The molecule has 0 aliphatic rings. The summed E-state index contributed by atoms with van der Waals surface area (Å²) in [5.74, 6) is 6.03. The van der Waals surface area contributed by atoms with Gasteiger partial charge in [0.15, 0.2) is 0 Å². The van der Waals surface area contributed by atoms with Gasteiger partial charge in [0.2, 0.25) is 0 Å². The summed E-state index contributed by atoms with van der Waals surface area (Å²) < 4.78 is 0. The highest BCUT2D eigenvalue weighted by atomic mass is 16.1.